The summed E-state index contributed by atoms with van der Waals surface area (Å²) in [6.07, 6.45) is 13.5. The van der Waals surface area contributed by atoms with Crippen LogP contribution in [0.1, 0.15) is 78.1 Å². The predicted molar refractivity (Wildman–Crippen MR) is 196 cm³/mol. The van der Waals surface area contributed by atoms with E-state index in [0.717, 1.165) is 51.4 Å². The third kappa shape index (κ3) is 18.3. The summed E-state index contributed by atoms with van der Waals surface area (Å²) >= 11 is 0. The Kier molecular flexibility index (Phi) is 24.9. The number of hydrogen-bond donors (Lipinski definition) is 7. The van der Waals surface area contributed by atoms with Gasteiger partial charge in [-0.05, 0) is 57.8 Å². The molecule has 0 bridgehead atoms. The maximum absolute atomic E-state index is 12.3. The fourth-order valence-electron chi connectivity index (χ4n) is 5.40. The summed E-state index contributed by atoms with van der Waals surface area (Å²) in [5.74, 6) is -0.450. The molecule has 0 aromatic heterocycles. The van der Waals surface area contributed by atoms with Gasteiger partial charge in [-0.1, -0.05) is 74.6 Å². The molecule has 7 N–H and O–H groups in total. The molecule has 2 aliphatic rings. The highest BCUT2D eigenvalue weighted by Gasteiger charge is 2.47. The number of carbonyl (C=O) groups excluding carboxylic acids is 1. The molecule has 53 heavy (non-hydrogen) atoms. The number of rotatable bonds is 26. The van der Waals surface area contributed by atoms with E-state index in [0.29, 0.717) is 13.0 Å². The first-order valence-electron chi connectivity index (χ1n) is 18.9. The molecular formula is C39H64O14. The number of hydrogen-bond acceptors (Lipinski definition) is 14. The van der Waals surface area contributed by atoms with Gasteiger partial charge in [0.2, 0.25) is 0 Å². The lowest BCUT2D eigenvalue weighted by atomic mass is 9.98. The van der Waals surface area contributed by atoms with Crippen LogP contribution in [0, 0.1) is 0 Å². The maximum Gasteiger partial charge on any atom is 0.306 e. The number of ether oxygens (including phenoxy) is 6. The summed E-state index contributed by atoms with van der Waals surface area (Å²) in [6, 6.07) is 0. The zero-order valence-electron chi connectivity index (χ0n) is 31.2. The van der Waals surface area contributed by atoms with Crippen molar-refractivity contribution < 1.29 is 69.0 Å². The Morgan fingerprint density at radius 3 is 1.74 bits per heavy atom. The second-order valence-corrected chi connectivity index (χ2v) is 13.0. The minimum Gasteiger partial charge on any atom is -0.457 e. The van der Waals surface area contributed by atoms with E-state index in [2.05, 4.69) is 67.7 Å². The van der Waals surface area contributed by atoms with Crippen LogP contribution in [0.2, 0.25) is 0 Å². The Labute approximate surface area is 314 Å². The fourth-order valence-corrected chi connectivity index (χ4v) is 5.40. The van der Waals surface area contributed by atoms with Crippen molar-refractivity contribution in [1.29, 1.82) is 0 Å². The number of esters is 1. The third-order valence-corrected chi connectivity index (χ3v) is 8.51. The molecule has 2 fully saturated rings. The van der Waals surface area contributed by atoms with Crippen LogP contribution in [-0.4, -0.2) is 142 Å². The number of unbranched alkanes of at least 4 members (excludes halogenated alkanes) is 2. The highest BCUT2D eigenvalue weighted by Crippen LogP contribution is 2.26. The Balaban J connectivity index is 1.73. The van der Waals surface area contributed by atoms with Crippen LogP contribution in [0.4, 0.5) is 0 Å². The molecule has 0 spiro atoms. The summed E-state index contributed by atoms with van der Waals surface area (Å²) in [6.45, 7) is 3.02. The molecule has 2 heterocycles. The van der Waals surface area contributed by atoms with Crippen LogP contribution in [-0.2, 0) is 33.2 Å². The Hall–Kier alpha value is -2.31. The van der Waals surface area contributed by atoms with Crippen LogP contribution >= 0.6 is 0 Å². The van der Waals surface area contributed by atoms with Crippen molar-refractivity contribution in [2.24, 2.45) is 0 Å². The number of carbonyl (C=O) groups is 1. The van der Waals surface area contributed by atoms with E-state index < -0.39 is 86.7 Å². The van der Waals surface area contributed by atoms with Crippen LogP contribution in [0.25, 0.3) is 0 Å². The van der Waals surface area contributed by atoms with Crippen LogP contribution < -0.4 is 0 Å². The molecular weight excluding hydrogens is 692 g/mol. The molecule has 2 aliphatic heterocycles. The first-order chi connectivity index (χ1) is 25.6. The Bertz CT molecular complexity index is 1110. The number of aliphatic hydroxyl groups excluding tert-OH is 7. The summed E-state index contributed by atoms with van der Waals surface area (Å²) < 4.78 is 33.4. The zero-order valence-corrected chi connectivity index (χ0v) is 31.2. The van der Waals surface area contributed by atoms with E-state index in [1.807, 2.05) is 6.92 Å². The maximum atomic E-state index is 12.3. The summed E-state index contributed by atoms with van der Waals surface area (Å²) in [5, 5.41) is 71.1. The van der Waals surface area contributed by atoms with Crippen molar-refractivity contribution in [3.63, 3.8) is 0 Å². The lowest BCUT2D eigenvalue weighted by Gasteiger charge is -2.42. The highest BCUT2D eigenvalue weighted by atomic mass is 16.7. The van der Waals surface area contributed by atoms with E-state index >= 15 is 0 Å². The zero-order chi connectivity index (χ0) is 38.8. The first kappa shape index (κ1) is 46.8. The first-order valence-corrected chi connectivity index (χ1v) is 18.9. The molecule has 2 rings (SSSR count). The number of allylic oxidation sites excluding steroid dienone is 10. The van der Waals surface area contributed by atoms with Gasteiger partial charge in [0, 0.05) is 13.0 Å². The molecule has 14 heteroatoms. The largest absolute Gasteiger partial charge is 0.457 e. The molecule has 304 valence electrons. The van der Waals surface area contributed by atoms with Crippen LogP contribution in [0.5, 0.6) is 0 Å². The van der Waals surface area contributed by atoms with Gasteiger partial charge in [0.15, 0.2) is 12.6 Å². The molecule has 2 saturated heterocycles. The SMILES string of the molecule is CC/C=C\C/C=C\C/C=C\C/C=C\C/C=C\CCCCOCC(COC1OC(COC2OC(CO)C(O)C(O)C2O)C(O)C(O)C1O)OC(=O)CCC. The van der Waals surface area contributed by atoms with Gasteiger partial charge in [0.1, 0.15) is 54.9 Å². The molecule has 0 aromatic carbocycles. The van der Waals surface area contributed by atoms with Gasteiger partial charge in [-0.25, -0.2) is 0 Å². The molecule has 0 amide bonds. The molecule has 0 aliphatic carbocycles. The molecule has 0 aromatic rings. The van der Waals surface area contributed by atoms with Gasteiger partial charge >= 0.3 is 5.97 Å². The van der Waals surface area contributed by atoms with Crippen molar-refractivity contribution >= 4 is 5.97 Å². The van der Waals surface area contributed by atoms with Crippen molar-refractivity contribution in [2.75, 3.05) is 33.0 Å². The van der Waals surface area contributed by atoms with Crippen molar-refractivity contribution in [3.8, 4) is 0 Å². The van der Waals surface area contributed by atoms with E-state index in [1.54, 1.807) is 0 Å². The average molecular weight is 757 g/mol. The second kappa shape index (κ2) is 28.1. The predicted octanol–water partition coefficient (Wildman–Crippen LogP) is 2.28. The van der Waals surface area contributed by atoms with Crippen molar-refractivity contribution in [3.05, 3.63) is 60.8 Å². The fraction of sp³-hybridized carbons (Fsp3) is 0.718. The lowest BCUT2D eigenvalue weighted by molar-refractivity contribution is -0.332. The smallest absolute Gasteiger partial charge is 0.306 e. The van der Waals surface area contributed by atoms with Crippen LogP contribution in [0.3, 0.4) is 0 Å². The molecule has 0 radical (unpaired) electrons. The van der Waals surface area contributed by atoms with Gasteiger partial charge in [-0.15, -0.1) is 0 Å². The van der Waals surface area contributed by atoms with E-state index in [4.69, 9.17) is 28.4 Å². The number of aliphatic hydroxyl groups is 7. The summed E-state index contributed by atoms with van der Waals surface area (Å²) in [5.41, 5.74) is 0. The second-order valence-electron chi connectivity index (χ2n) is 13.0. The van der Waals surface area contributed by atoms with Crippen LogP contribution in [0.15, 0.2) is 60.8 Å². The van der Waals surface area contributed by atoms with Crippen molar-refractivity contribution in [1.82, 2.24) is 0 Å². The van der Waals surface area contributed by atoms with Gasteiger partial charge in [0.05, 0.1) is 26.4 Å². The Morgan fingerprint density at radius 2 is 1.17 bits per heavy atom. The monoisotopic (exact) mass is 756 g/mol. The Morgan fingerprint density at radius 1 is 0.642 bits per heavy atom. The minimum atomic E-state index is -1.71. The molecule has 14 nitrogen and oxygen atoms in total. The average Bonchev–Trinajstić information content (AvgIpc) is 3.15. The summed E-state index contributed by atoms with van der Waals surface area (Å²) in [4.78, 5) is 12.3. The third-order valence-electron chi connectivity index (χ3n) is 8.51. The molecule has 0 saturated carbocycles. The summed E-state index contributed by atoms with van der Waals surface area (Å²) in [7, 11) is 0. The standard InChI is InChI=1S/C39H64O14/c1-3-5-6-7-8-9-10-11-12-13-14-15-16-17-18-19-20-21-23-48-25-28(51-31(41)22-4-2)26-49-38-37(47)35(45)33(43)30(53-38)27-50-39-36(46)34(44)32(42)29(24-40)52-39/h5-6,8-9,11-12,14-15,17-18,28-30,32-40,42-47H,3-4,7,10,13,16,19-27H2,1-2H3/b6-5-,9-8-,12-11-,15-14-,18-17-. The van der Waals surface area contributed by atoms with Crippen molar-refractivity contribution in [2.45, 2.75) is 146 Å². The van der Waals surface area contributed by atoms with Gasteiger partial charge in [-0.3, -0.25) is 4.79 Å². The molecule has 11 atom stereocenters. The van der Waals surface area contributed by atoms with Gasteiger partial charge in [-0.2, -0.15) is 0 Å². The van der Waals surface area contributed by atoms with E-state index in [9.17, 15) is 40.5 Å². The molecule has 11 unspecified atom stereocenters. The topological polar surface area (TPSA) is 214 Å². The van der Waals surface area contributed by atoms with Gasteiger partial charge in [0.25, 0.3) is 0 Å². The van der Waals surface area contributed by atoms with E-state index in [1.165, 1.54) is 0 Å². The minimum absolute atomic E-state index is 0.0226. The normalized spacial score (nSPS) is 30.4. The van der Waals surface area contributed by atoms with Gasteiger partial charge < -0.3 is 64.2 Å². The highest BCUT2D eigenvalue weighted by molar-refractivity contribution is 5.69. The van der Waals surface area contributed by atoms with E-state index in [-0.39, 0.29) is 19.6 Å². The lowest BCUT2D eigenvalue weighted by Crippen LogP contribution is -2.61. The quantitative estimate of drug-likeness (QED) is 0.0384.